The van der Waals surface area contributed by atoms with Gasteiger partial charge in [0.1, 0.15) is 17.3 Å². The number of carbonyl (C=O) groups is 1. The van der Waals surface area contributed by atoms with E-state index in [1.807, 2.05) is 12.1 Å². The predicted octanol–water partition coefficient (Wildman–Crippen LogP) is 5.15. The molecule has 8 heteroatoms. The number of halogens is 2. The molecule has 0 bridgehead atoms. The number of aromatic nitrogens is 1. The van der Waals surface area contributed by atoms with Gasteiger partial charge in [0.15, 0.2) is 0 Å². The van der Waals surface area contributed by atoms with Crippen LogP contribution in [0.5, 0.6) is 11.5 Å². The molecule has 2 aromatic carbocycles. The van der Waals surface area contributed by atoms with Gasteiger partial charge in [-0.2, -0.15) is 0 Å². The van der Waals surface area contributed by atoms with E-state index < -0.39 is 0 Å². The van der Waals surface area contributed by atoms with Crippen molar-refractivity contribution in [3.63, 3.8) is 0 Å². The summed E-state index contributed by atoms with van der Waals surface area (Å²) >= 11 is 13.0. The van der Waals surface area contributed by atoms with Crippen LogP contribution in [0.3, 0.4) is 0 Å². The Morgan fingerprint density at radius 2 is 1.94 bits per heavy atom. The molecule has 2 N–H and O–H groups in total. The van der Waals surface area contributed by atoms with Gasteiger partial charge in [-0.05, 0) is 48.4 Å². The summed E-state index contributed by atoms with van der Waals surface area (Å²) in [5, 5.41) is 14.6. The molecule has 0 spiro atoms. The normalized spacial score (nSPS) is 15.6. The second-order valence-electron chi connectivity index (χ2n) is 7.71. The molecule has 0 radical (unpaired) electrons. The van der Waals surface area contributed by atoms with Crippen LogP contribution in [0.1, 0.15) is 13.3 Å². The highest BCUT2D eigenvalue weighted by atomic mass is 35.5. The lowest BCUT2D eigenvalue weighted by atomic mass is 10.0. The van der Waals surface area contributed by atoms with Crippen LogP contribution in [-0.2, 0) is 4.79 Å². The maximum absolute atomic E-state index is 11.5. The van der Waals surface area contributed by atoms with Gasteiger partial charge in [0.25, 0.3) is 0 Å². The molecule has 1 aromatic heterocycles. The number of phenolic OH excluding ortho intramolecular Hbond substituents is 1. The van der Waals surface area contributed by atoms with Crippen molar-refractivity contribution in [2.75, 3.05) is 25.1 Å². The van der Waals surface area contributed by atoms with Crippen LogP contribution >= 0.6 is 23.2 Å². The summed E-state index contributed by atoms with van der Waals surface area (Å²) in [6.07, 6.45) is 0.821. The maximum Gasteiger partial charge on any atom is 0.217 e. The van der Waals surface area contributed by atoms with E-state index in [2.05, 4.69) is 10.2 Å². The fourth-order valence-corrected chi connectivity index (χ4v) is 4.58. The van der Waals surface area contributed by atoms with Gasteiger partial charge in [0, 0.05) is 53.3 Å². The minimum absolute atomic E-state index is 0.0507. The van der Waals surface area contributed by atoms with E-state index in [0.29, 0.717) is 39.2 Å². The Bertz CT molecular complexity index is 1150. The summed E-state index contributed by atoms with van der Waals surface area (Å²) in [5.41, 5.74) is 2.64. The quantitative estimate of drug-likeness (QED) is 0.537. The number of rotatable bonds is 5. The zero-order valence-electron chi connectivity index (χ0n) is 17.7. The number of nitrogens with one attached hydrogen (secondary N) is 1. The third-order valence-electron chi connectivity index (χ3n) is 5.46. The molecule has 166 valence electrons. The van der Waals surface area contributed by atoms with E-state index in [0.717, 1.165) is 24.3 Å². The monoisotopic (exact) mass is 471 g/mol. The number of hydrogen-bond acceptors (Lipinski definition) is 5. The van der Waals surface area contributed by atoms with Crippen molar-refractivity contribution in [1.29, 1.82) is 0 Å². The topological polar surface area (TPSA) is 74.7 Å². The molecule has 1 amide bonds. The van der Waals surface area contributed by atoms with Gasteiger partial charge in [-0.25, -0.2) is 4.98 Å². The molecular weight excluding hydrogens is 449 g/mol. The number of methoxy groups -OCH3 is 1. The first-order valence-electron chi connectivity index (χ1n) is 10.2. The number of anilines is 1. The van der Waals surface area contributed by atoms with E-state index in [1.165, 1.54) is 6.92 Å². The van der Waals surface area contributed by atoms with Gasteiger partial charge < -0.3 is 20.1 Å². The van der Waals surface area contributed by atoms with Gasteiger partial charge in [0.05, 0.1) is 12.8 Å². The maximum atomic E-state index is 11.5. The molecule has 1 aliphatic rings. The highest BCUT2D eigenvalue weighted by Gasteiger charge is 2.25. The zero-order chi connectivity index (χ0) is 22.8. The molecular formula is C24H23Cl2N3O3. The lowest BCUT2D eigenvalue weighted by Gasteiger charge is -2.21. The van der Waals surface area contributed by atoms with Crippen LogP contribution in [0, 0.1) is 0 Å². The van der Waals surface area contributed by atoms with E-state index in [1.54, 1.807) is 43.5 Å². The van der Waals surface area contributed by atoms with Gasteiger partial charge >= 0.3 is 0 Å². The van der Waals surface area contributed by atoms with Crippen molar-refractivity contribution in [2.45, 2.75) is 19.4 Å². The smallest absolute Gasteiger partial charge is 0.217 e. The highest BCUT2D eigenvalue weighted by molar-refractivity contribution is 6.39. The van der Waals surface area contributed by atoms with Crippen LogP contribution in [0.15, 0.2) is 48.5 Å². The number of nitrogens with zero attached hydrogens (tertiary/aromatic N) is 2. The Balaban J connectivity index is 1.82. The average molecular weight is 472 g/mol. The van der Waals surface area contributed by atoms with Gasteiger partial charge in [-0.15, -0.1) is 0 Å². The van der Waals surface area contributed by atoms with Crippen LogP contribution in [0.25, 0.3) is 22.4 Å². The fraction of sp³-hybridized carbons (Fsp3) is 0.250. The minimum Gasteiger partial charge on any atom is -0.507 e. The molecule has 0 aliphatic carbocycles. The van der Waals surface area contributed by atoms with E-state index in [4.69, 9.17) is 32.9 Å². The second kappa shape index (κ2) is 9.27. The largest absolute Gasteiger partial charge is 0.507 e. The summed E-state index contributed by atoms with van der Waals surface area (Å²) in [7, 11) is 1.55. The number of amides is 1. The number of benzene rings is 2. The molecule has 1 atom stereocenters. The second-order valence-corrected chi connectivity index (χ2v) is 8.53. The summed E-state index contributed by atoms with van der Waals surface area (Å²) in [6.45, 7) is 2.90. The molecule has 4 rings (SSSR count). The van der Waals surface area contributed by atoms with Gasteiger partial charge in [-0.1, -0.05) is 29.3 Å². The summed E-state index contributed by atoms with van der Waals surface area (Å²) < 4.78 is 5.20. The van der Waals surface area contributed by atoms with Crippen molar-refractivity contribution in [3.8, 4) is 33.9 Å². The molecule has 1 fully saturated rings. The lowest BCUT2D eigenvalue weighted by Crippen LogP contribution is -2.35. The number of phenols is 1. The van der Waals surface area contributed by atoms with Crippen molar-refractivity contribution in [3.05, 3.63) is 58.6 Å². The molecule has 0 saturated carbocycles. The lowest BCUT2D eigenvalue weighted by molar-refractivity contribution is -0.119. The molecule has 1 saturated heterocycles. The Hall–Kier alpha value is -2.96. The number of carbonyl (C=O) groups excluding carboxylic acids is 1. The fourth-order valence-electron chi connectivity index (χ4n) is 3.96. The minimum atomic E-state index is -0.0507. The van der Waals surface area contributed by atoms with Crippen LogP contribution in [0.2, 0.25) is 10.0 Å². The third-order valence-corrected chi connectivity index (χ3v) is 6.09. The van der Waals surface area contributed by atoms with Crippen molar-refractivity contribution in [1.82, 2.24) is 10.3 Å². The Morgan fingerprint density at radius 1 is 1.19 bits per heavy atom. The van der Waals surface area contributed by atoms with Crippen LogP contribution < -0.4 is 15.0 Å². The SMILES string of the molecule is COc1ccc(-c2cc(-c3c(Cl)cccc3Cl)cc(N3CCC(NC(C)=O)C3)n2)c(O)c1. The van der Waals surface area contributed by atoms with Crippen LogP contribution in [-0.4, -0.2) is 42.2 Å². The number of pyridine rings is 1. The first-order valence-corrected chi connectivity index (χ1v) is 11.0. The summed E-state index contributed by atoms with van der Waals surface area (Å²) in [5.74, 6) is 1.28. The first-order chi connectivity index (χ1) is 15.4. The molecule has 1 aliphatic heterocycles. The Morgan fingerprint density at radius 3 is 2.59 bits per heavy atom. The van der Waals surface area contributed by atoms with E-state index >= 15 is 0 Å². The highest BCUT2D eigenvalue weighted by Crippen LogP contribution is 2.40. The van der Waals surface area contributed by atoms with E-state index in [9.17, 15) is 9.90 Å². The first kappa shape index (κ1) is 22.2. The van der Waals surface area contributed by atoms with Crippen molar-refractivity contribution < 1.29 is 14.6 Å². The third kappa shape index (κ3) is 4.61. The average Bonchev–Trinajstić information content (AvgIpc) is 3.21. The van der Waals surface area contributed by atoms with Gasteiger partial charge in [-0.3, -0.25) is 4.79 Å². The number of aromatic hydroxyl groups is 1. The molecule has 32 heavy (non-hydrogen) atoms. The standard InChI is InChI=1S/C24H23Cl2N3O3/c1-14(30)27-16-8-9-29(13-16)23-11-15(24-19(25)4-3-5-20(24)26)10-21(28-23)18-7-6-17(32-2)12-22(18)31/h3-7,10-12,16,31H,8-9,13H2,1-2H3,(H,27,30). The van der Waals surface area contributed by atoms with Crippen LogP contribution in [0.4, 0.5) is 5.82 Å². The van der Waals surface area contributed by atoms with Gasteiger partial charge in [0.2, 0.25) is 5.91 Å². The predicted molar refractivity (Wildman–Crippen MR) is 128 cm³/mol. The molecule has 6 nitrogen and oxygen atoms in total. The number of ether oxygens (including phenoxy) is 1. The summed E-state index contributed by atoms with van der Waals surface area (Å²) in [6, 6.07) is 14.3. The Kier molecular flexibility index (Phi) is 6.44. The van der Waals surface area contributed by atoms with Crippen molar-refractivity contribution in [2.24, 2.45) is 0 Å². The molecule has 3 aromatic rings. The molecule has 2 heterocycles. The zero-order valence-corrected chi connectivity index (χ0v) is 19.2. The van der Waals surface area contributed by atoms with E-state index in [-0.39, 0.29) is 17.7 Å². The van der Waals surface area contributed by atoms with Crippen molar-refractivity contribution >= 4 is 34.9 Å². The Labute approximate surface area is 196 Å². The summed E-state index contributed by atoms with van der Waals surface area (Å²) in [4.78, 5) is 18.4. The number of hydrogen-bond donors (Lipinski definition) is 2. The molecule has 1 unspecified atom stereocenters.